The highest BCUT2D eigenvalue weighted by molar-refractivity contribution is 6.01. The Hall–Kier alpha value is -2.38. The molecule has 2 aliphatic rings. The molecule has 1 aliphatic heterocycles. The number of carbonyl (C=O) groups is 3. The summed E-state index contributed by atoms with van der Waals surface area (Å²) in [4.78, 5) is 39.7. The molecule has 3 rings (SSSR count). The number of rotatable bonds is 5. The number of carbonyl (C=O) groups excluding carboxylic acids is 3. The molecule has 0 bridgehead atoms. The Kier molecular flexibility index (Phi) is 6.05. The van der Waals surface area contributed by atoms with E-state index in [0.29, 0.717) is 12.2 Å². The first kappa shape index (κ1) is 20.4. The SMILES string of the molecule is CCCNC(=O)c1cc2n(n1)CC(C)(C(=O)NC1CCCCCC1)N(C)C2=O. The van der Waals surface area contributed by atoms with Gasteiger partial charge in [0.1, 0.15) is 11.2 Å². The summed E-state index contributed by atoms with van der Waals surface area (Å²) in [5.41, 5.74) is -0.498. The fourth-order valence-electron chi connectivity index (χ4n) is 3.93. The molecule has 1 aromatic heterocycles. The molecule has 3 amide bonds. The van der Waals surface area contributed by atoms with E-state index >= 15 is 0 Å². The summed E-state index contributed by atoms with van der Waals surface area (Å²) in [5.74, 6) is -0.760. The molecule has 8 heteroatoms. The number of nitrogens with one attached hydrogen (secondary N) is 2. The summed E-state index contributed by atoms with van der Waals surface area (Å²) in [5, 5.41) is 10.2. The van der Waals surface area contributed by atoms with Gasteiger partial charge in [-0.15, -0.1) is 0 Å². The zero-order valence-electron chi connectivity index (χ0n) is 17.1. The molecule has 1 fully saturated rings. The first-order valence-electron chi connectivity index (χ1n) is 10.3. The van der Waals surface area contributed by atoms with Crippen LogP contribution < -0.4 is 10.6 Å². The monoisotopic (exact) mass is 389 g/mol. The normalized spacial score (nSPS) is 23.1. The second-order valence-corrected chi connectivity index (χ2v) is 8.13. The van der Waals surface area contributed by atoms with E-state index in [1.165, 1.54) is 28.5 Å². The standard InChI is InChI=1S/C20H31N5O3/c1-4-11-21-17(26)15-12-16-18(27)24(3)20(2,13-25(16)23-15)19(28)22-14-9-7-5-6-8-10-14/h12,14H,4-11,13H2,1-3H3,(H,21,26)(H,22,28). The lowest BCUT2D eigenvalue weighted by molar-refractivity contribution is -0.133. The van der Waals surface area contributed by atoms with Gasteiger partial charge in [-0.2, -0.15) is 5.10 Å². The van der Waals surface area contributed by atoms with Crippen molar-refractivity contribution < 1.29 is 14.4 Å². The van der Waals surface area contributed by atoms with Gasteiger partial charge in [-0.3, -0.25) is 19.1 Å². The van der Waals surface area contributed by atoms with E-state index in [1.54, 1.807) is 14.0 Å². The number of amides is 3. The highest BCUT2D eigenvalue weighted by atomic mass is 16.2. The number of nitrogens with zero attached hydrogens (tertiary/aromatic N) is 3. The molecule has 1 saturated carbocycles. The summed E-state index contributed by atoms with van der Waals surface area (Å²) >= 11 is 0. The van der Waals surface area contributed by atoms with E-state index in [4.69, 9.17) is 0 Å². The van der Waals surface area contributed by atoms with E-state index in [9.17, 15) is 14.4 Å². The van der Waals surface area contributed by atoms with Crippen LogP contribution >= 0.6 is 0 Å². The van der Waals surface area contributed by atoms with Gasteiger partial charge in [0.05, 0.1) is 6.54 Å². The van der Waals surface area contributed by atoms with E-state index in [-0.39, 0.29) is 36.0 Å². The van der Waals surface area contributed by atoms with Crippen molar-refractivity contribution in [2.24, 2.45) is 0 Å². The molecule has 2 N–H and O–H groups in total. The lowest BCUT2D eigenvalue weighted by Crippen LogP contribution is -2.63. The predicted octanol–water partition coefficient (Wildman–Crippen LogP) is 1.71. The Morgan fingerprint density at radius 2 is 1.93 bits per heavy atom. The highest BCUT2D eigenvalue weighted by Gasteiger charge is 2.46. The Morgan fingerprint density at radius 1 is 1.25 bits per heavy atom. The molecule has 28 heavy (non-hydrogen) atoms. The van der Waals surface area contributed by atoms with Crippen molar-refractivity contribution in [1.82, 2.24) is 25.3 Å². The van der Waals surface area contributed by atoms with Gasteiger partial charge in [-0.05, 0) is 26.2 Å². The maximum absolute atomic E-state index is 13.1. The van der Waals surface area contributed by atoms with Gasteiger partial charge in [0, 0.05) is 25.7 Å². The Morgan fingerprint density at radius 3 is 2.57 bits per heavy atom. The lowest BCUT2D eigenvalue weighted by Gasteiger charge is -2.41. The molecule has 0 radical (unpaired) electrons. The van der Waals surface area contributed by atoms with Crippen molar-refractivity contribution in [2.45, 2.75) is 76.9 Å². The largest absolute Gasteiger partial charge is 0.351 e. The van der Waals surface area contributed by atoms with Crippen LogP contribution in [0.4, 0.5) is 0 Å². The predicted molar refractivity (Wildman–Crippen MR) is 105 cm³/mol. The molecule has 1 atom stereocenters. The zero-order chi connectivity index (χ0) is 20.3. The highest BCUT2D eigenvalue weighted by Crippen LogP contribution is 2.27. The molecule has 0 saturated heterocycles. The van der Waals surface area contributed by atoms with Gasteiger partial charge in [-0.25, -0.2) is 0 Å². The minimum absolute atomic E-state index is 0.157. The van der Waals surface area contributed by atoms with Crippen LogP contribution in [0.5, 0.6) is 0 Å². The molecule has 2 heterocycles. The van der Waals surface area contributed by atoms with E-state index in [2.05, 4.69) is 15.7 Å². The number of likely N-dealkylation sites (N-methyl/N-ethyl adjacent to an activating group) is 1. The van der Waals surface area contributed by atoms with Crippen LogP contribution in [0.25, 0.3) is 0 Å². The van der Waals surface area contributed by atoms with Gasteiger partial charge in [0.2, 0.25) is 5.91 Å². The van der Waals surface area contributed by atoms with Crippen LogP contribution in [0.15, 0.2) is 6.07 Å². The average molecular weight is 390 g/mol. The average Bonchev–Trinajstić information content (AvgIpc) is 2.93. The van der Waals surface area contributed by atoms with Gasteiger partial charge < -0.3 is 15.5 Å². The summed E-state index contributed by atoms with van der Waals surface area (Å²) in [6.07, 6.45) is 7.44. The van der Waals surface area contributed by atoms with Crippen molar-refractivity contribution in [3.8, 4) is 0 Å². The van der Waals surface area contributed by atoms with Crippen LogP contribution in [-0.2, 0) is 11.3 Å². The number of hydrogen-bond donors (Lipinski definition) is 2. The Bertz CT molecular complexity index is 751. The van der Waals surface area contributed by atoms with Gasteiger partial charge in [0.25, 0.3) is 11.8 Å². The molecule has 1 aromatic rings. The first-order chi connectivity index (χ1) is 13.4. The fraction of sp³-hybridized carbons (Fsp3) is 0.700. The minimum atomic E-state index is -1.04. The maximum Gasteiger partial charge on any atom is 0.272 e. The van der Waals surface area contributed by atoms with Gasteiger partial charge >= 0.3 is 0 Å². The molecule has 154 valence electrons. The molecule has 0 spiro atoms. The van der Waals surface area contributed by atoms with Crippen LogP contribution in [0.2, 0.25) is 0 Å². The molecular weight excluding hydrogens is 358 g/mol. The Labute approximate surface area is 166 Å². The summed E-state index contributed by atoms with van der Waals surface area (Å²) in [6, 6.07) is 1.66. The van der Waals surface area contributed by atoms with Crippen LogP contribution in [0, 0.1) is 0 Å². The van der Waals surface area contributed by atoms with E-state index < -0.39 is 5.54 Å². The van der Waals surface area contributed by atoms with Crippen LogP contribution in [0.1, 0.15) is 79.8 Å². The zero-order valence-corrected chi connectivity index (χ0v) is 17.1. The molecule has 0 aromatic carbocycles. The third-order valence-electron chi connectivity index (χ3n) is 5.95. The topological polar surface area (TPSA) is 96.3 Å². The van der Waals surface area contributed by atoms with Crippen LogP contribution in [-0.4, -0.2) is 57.6 Å². The minimum Gasteiger partial charge on any atom is -0.351 e. The summed E-state index contributed by atoms with van der Waals surface area (Å²) in [6.45, 7) is 4.51. The lowest BCUT2D eigenvalue weighted by atomic mass is 9.95. The molecular formula is C20H31N5O3. The van der Waals surface area contributed by atoms with Crippen LogP contribution in [0.3, 0.4) is 0 Å². The summed E-state index contributed by atoms with van der Waals surface area (Å²) < 4.78 is 1.50. The number of hydrogen-bond acceptors (Lipinski definition) is 4. The quantitative estimate of drug-likeness (QED) is 0.749. The van der Waals surface area contributed by atoms with Crippen molar-refractivity contribution in [2.75, 3.05) is 13.6 Å². The third kappa shape index (κ3) is 3.91. The second kappa shape index (κ2) is 8.32. The Balaban J connectivity index is 1.78. The molecule has 8 nitrogen and oxygen atoms in total. The smallest absolute Gasteiger partial charge is 0.272 e. The first-order valence-corrected chi connectivity index (χ1v) is 10.3. The van der Waals surface area contributed by atoms with E-state index in [0.717, 1.165) is 32.1 Å². The number of aromatic nitrogens is 2. The van der Waals surface area contributed by atoms with Crippen molar-refractivity contribution >= 4 is 17.7 Å². The fourth-order valence-corrected chi connectivity index (χ4v) is 3.93. The molecule has 1 aliphatic carbocycles. The van der Waals surface area contributed by atoms with Crippen molar-refractivity contribution in [1.29, 1.82) is 0 Å². The summed E-state index contributed by atoms with van der Waals surface area (Å²) in [7, 11) is 1.64. The maximum atomic E-state index is 13.1. The second-order valence-electron chi connectivity index (χ2n) is 8.13. The van der Waals surface area contributed by atoms with Crippen molar-refractivity contribution in [3.05, 3.63) is 17.5 Å². The molecule has 1 unspecified atom stereocenters. The van der Waals surface area contributed by atoms with Gasteiger partial charge in [0.15, 0.2) is 5.69 Å². The number of fused-ring (bicyclic) bond motifs is 1. The van der Waals surface area contributed by atoms with E-state index in [1.807, 2.05) is 6.92 Å². The van der Waals surface area contributed by atoms with Crippen molar-refractivity contribution in [3.63, 3.8) is 0 Å². The van der Waals surface area contributed by atoms with Gasteiger partial charge in [-0.1, -0.05) is 32.6 Å². The third-order valence-corrected chi connectivity index (χ3v) is 5.95.